The molecule has 2 atom stereocenters. The normalized spacial score (nSPS) is 26.3. The number of epoxide rings is 1. The lowest BCUT2D eigenvalue weighted by molar-refractivity contribution is 0.0724. The first kappa shape index (κ1) is 19.1. The molecule has 0 aromatic heterocycles. The van der Waals surface area contributed by atoms with Crippen LogP contribution in [0.4, 0.5) is 0 Å². The summed E-state index contributed by atoms with van der Waals surface area (Å²) >= 11 is 0. The highest BCUT2D eigenvalue weighted by Crippen LogP contribution is 2.54. The fraction of sp³-hybridized carbons (Fsp3) is 0.478. The SMILES string of the molecule is CC1(C)Oc2ccc(S(=O)(=O)N3CCC(Cc4ccccc4)CC3)cc2[C@@H]2O[C@@H]21. The van der Waals surface area contributed by atoms with Crippen LogP contribution in [0.1, 0.15) is 43.9 Å². The van der Waals surface area contributed by atoms with Crippen LogP contribution in [-0.2, 0) is 21.2 Å². The average Bonchev–Trinajstić information content (AvgIpc) is 3.51. The van der Waals surface area contributed by atoms with Crippen molar-refractivity contribution in [2.75, 3.05) is 13.1 Å². The van der Waals surface area contributed by atoms with E-state index >= 15 is 0 Å². The van der Waals surface area contributed by atoms with Crippen LogP contribution in [0.2, 0.25) is 0 Å². The molecule has 3 aliphatic rings. The van der Waals surface area contributed by atoms with Gasteiger partial charge in [-0.25, -0.2) is 8.42 Å². The summed E-state index contributed by atoms with van der Waals surface area (Å²) in [5.41, 5.74) is 1.80. The third-order valence-electron chi connectivity index (χ3n) is 6.42. The zero-order valence-electron chi connectivity index (χ0n) is 16.9. The van der Waals surface area contributed by atoms with E-state index in [1.165, 1.54) is 5.56 Å². The molecule has 0 N–H and O–H groups in total. The van der Waals surface area contributed by atoms with Gasteiger partial charge in [0.15, 0.2) is 0 Å². The third-order valence-corrected chi connectivity index (χ3v) is 8.31. The van der Waals surface area contributed by atoms with E-state index in [0.29, 0.717) is 23.9 Å². The molecule has 3 aliphatic heterocycles. The quantitative estimate of drug-likeness (QED) is 0.713. The first-order chi connectivity index (χ1) is 13.8. The standard InChI is InChI=1S/C23H27NO4S/c1-23(2)22-21(27-22)19-15-18(8-9-20(19)28-23)29(25,26)24-12-10-17(11-13-24)14-16-6-4-3-5-7-16/h3-9,15,17,21-22H,10-14H2,1-2H3/t21-,22-/m0/s1. The van der Waals surface area contributed by atoms with Gasteiger partial charge in [-0.2, -0.15) is 4.31 Å². The maximum atomic E-state index is 13.2. The summed E-state index contributed by atoms with van der Waals surface area (Å²) in [6.45, 7) is 5.15. The lowest BCUT2D eigenvalue weighted by Crippen LogP contribution is -2.39. The highest BCUT2D eigenvalue weighted by molar-refractivity contribution is 7.89. The molecule has 0 aliphatic carbocycles. The molecule has 0 spiro atoms. The Hall–Kier alpha value is -1.89. The Kier molecular flexibility index (Phi) is 4.49. The molecule has 2 saturated heterocycles. The van der Waals surface area contributed by atoms with Crippen molar-refractivity contribution in [3.05, 3.63) is 59.7 Å². The number of piperidine rings is 1. The highest BCUT2D eigenvalue weighted by atomic mass is 32.2. The highest BCUT2D eigenvalue weighted by Gasteiger charge is 2.56. The van der Waals surface area contributed by atoms with Gasteiger partial charge in [-0.15, -0.1) is 0 Å². The molecule has 0 radical (unpaired) electrons. The Labute approximate surface area is 172 Å². The predicted molar refractivity (Wildman–Crippen MR) is 110 cm³/mol. The number of benzene rings is 2. The summed E-state index contributed by atoms with van der Waals surface area (Å²) in [5.74, 6) is 1.26. The number of fused-ring (bicyclic) bond motifs is 3. The van der Waals surface area contributed by atoms with Gasteiger partial charge in [-0.3, -0.25) is 0 Å². The van der Waals surface area contributed by atoms with Gasteiger partial charge in [0.25, 0.3) is 0 Å². The Morgan fingerprint density at radius 2 is 1.79 bits per heavy atom. The first-order valence-corrected chi connectivity index (χ1v) is 11.8. The summed E-state index contributed by atoms with van der Waals surface area (Å²) in [6, 6.07) is 15.6. The van der Waals surface area contributed by atoms with Gasteiger partial charge in [-0.1, -0.05) is 30.3 Å². The van der Waals surface area contributed by atoms with Crippen molar-refractivity contribution >= 4 is 10.0 Å². The molecule has 5 rings (SSSR count). The van der Waals surface area contributed by atoms with Crippen molar-refractivity contribution < 1.29 is 17.9 Å². The van der Waals surface area contributed by atoms with Gasteiger partial charge in [0.2, 0.25) is 10.0 Å². The number of nitrogens with zero attached hydrogens (tertiary/aromatic N) is 1. The summed E-state index contributed by atoms with van der Waals surface area (Å²) in [4.78, 5) is 0.343. The zero-order valence-corrected chi connectivity index (χ0v) is 17.7. The van der Waals surface area contributed by atoms with Crippen molar-refractivity contribution in [1.82, 2.24) is 4.31 Å². The second kappa shape index (κ2) is 6.83. The smallest absolute Gasteiger partial charge is 0.243 e. The molecule has 29 heavy (non-hydrogen) atoms. The summed E-state index contributed by atoms with van der Waals surface area (Å²) in [6.07, 6.45) is 2.75. The minimum atomic E-state index is -3.50. The van der Waals surface area contributed by atoms with Crippen molar-refractivity contribution in [2.45, 2.75) is 55.8 Å². The fourth-order valence-electron chi connectivity index (χ4n) is 4.67. The van der Waals surface area contributed by atoms with Crippen LogP contribution in [0.5, 0.6) is 5.75 Å². The van der Waals surface area contributed by atoms with Crippen molar-refractivity contribution in [2.24, 2.45) is 5.92 Å². The minimum Gasteiger partial charge on any atom is -0.485 e. The molecule has 0 bridgehead atoms. The zero-order chi connectivity index (χ0) is 20.2. The Bertz CT molecular complexity index is 1010. The van der Waals surface area contributed by atoms with E-state index in [1.54, 1.807) is 22.5 Å². The Balaban J connectivity index is 1.29. The van der Waals surface area contributed by atoms with Gasteiger partial charge in [-0.05, 0) is 62.8 Å². The predicted octanol–water partition coefficient (Wildman–Crippen LogP) is 3.94. The molecule has 3 heterocycles. The summed E-state index contributed by atoms with van der Waals surface area (Å²) < 4.78 is 39.9. The lowest BCUT2D eigenvalue weighted by Gasteiger charge is -2.32. The number of hydrogen-bond acceptors (Lipinski definition) is 4. The largest absolute Gasteiger partial charge is 0.485 e. The lowest BCUT2D eigenvalue weighted by atomic mass is 9.91. The Morgan fingerprint density at radius 1 is 1.07 bits per heavy atom. The van der Waals surface area contributed by atoms with Gasteiger partial charge in [0.05, 0.1) is 4.90 Å². The van der Waals surface area contributed by atoms with Gasteiger partial charge < -0.3 is 9.47 Å². The molecule has 2 aromatic carbocycles. The molecular weight excluding hydrogens is 386 g/mol. The third kappa shape index (κ3) is 3.47. The van der Waals surface area contributed by atoms with Crippen LogP contribution < -0.4 is 4.74 Å². The molecule has 0 amide bonds. The van der Waals surface area contributed by atoms with E-state index in [9.17, 15) is 8.42 Å². The molecule has 0 saturated carbocycles. The van der Waals surface area contributed by atoms with Crippen LogP contribution in [0, 0.1) is 5.92 Å². The van der Waals surface area contributed by atoms with Crippen molar-refractivity contribution in [3.8, 4) is 5.75 Å². The number of ether oxygens (including phenoxy) is 2. The molecule has 6 heteroatoms. The first-order valence-electron chi connectivity index (χ1n) is 10.4. The second-order valence-electron chi connectivity index (χ2n) is 8.92. The monoisotopic (exact) mass is 413 g/mol. The van der Waals surface area contributed by atoms with Gasteiger partial charge in [0.1, 0.15) is 23.6 Å². The van der Waals surface area contributed by atoms with E-state index in [4.69, 9.17) is 9.47 Å². The molecule has 2 aromatic rings. The average molecular weight is 414 g/mol. The van der Waals surface area contributed by atoms with Crippen LogP contribution in [-0.4, -0.2) is 37.5 Å². The Morgan fingerprint density at radius 3 is 2.52 bits per heavy atom. The fourth-order valence-corrected chi connectivity index (χ4v) is 6.18. The summed E-state index contributed by atoms with van der Waals surface area (Å²) in [7, 11) is -3.50. The van der Waals surface area contributed by atoms with E-state index in [1.807, 2.05) is 19.9 Å². The molecule has 2 fully saturated rings. The maximum absolute atomic E-state index is 13.2. The number of rotatable bonds is 4. The van der Waals surface area contributed by atoms with Crippen molar-refractivity contribution in [1.29, 1.82) is 0 Å². The molecule has 154 valence electrons. The van der Waals surface area contributed by atoms with Crippen LogP contribution in [0.25, 0.3) is 0 Å². The van der Waals surface area contributed by atoms with E-state index < -0.39 is 10.0 Å². The maximum Gasteiger partial charge on any atom is 0.243 e. The van der Waals surface area contributed by atoms with Gasteiger partial charge >= 0.3 is 0 Å². The number of sulfonamides is 1. The molecule has 5 nitrogen and oxygen atoms in total. The van der Waals surface area contributed by atoms with E-state index in [0.717, 1.165) is 30.6 Å². The second-order valence-corrected chi connectivity index (χ2v) is 10.9. The topological polar surface area (TPSA) is 59.1 Å². The van der Waals surface area contributed by atoms with E-state index in [-0.39, 0.29) is 17.8 Å². The van der Waals surface area contributed by atoms with Crippen LogP contribution >= 0.6 is 0 Å². The van der Waals surface area contributed by atoms with E-state index in [2.05, 4.69) is 24.3 Å². The number of hydrogen-bond donors (Lipinski definition) is 0. The summed E-state index contributed by atoms with van der Waals surface area (Å²) in [5, 5.41) is 0. The van der Waals surface area contributed by atoms with Crippen LogP contribution in [0.15, 0.2) is 53.4 Å². The minimum absolute atomic E-state index is 0.00156. The van der Waals surface area contributed by atoms with Gasteiger partial charge in [0, 0.05) is 18.7 Å². The van der Waals surface area contributed by atoms with Crippen LogP contribution in [0.3, 0.4) is 0 Å². The van der Waals surface area contributed by atoms with Crippen molar-refractivity contribution in [3.63, 3.8) is 0 Å². The molecular formula is C23H27NO4S. The molecule has 0 unspecified atom stereocenters.